The van der Waals surface area contributed by atoms with E-state index >= 15 is 0 Å². The lowest BCUT2D eigenvalue weighted by molar-refractivity contribution is -0.141. The van der Waals surface area contributed by atoms with Crippen molar-refractivity contribution < 1.29 is 18.7 Å². The summed E-state index contributed by atoms with van der Waals surface area (Å²) in [6.45, 7) is 1.25. The van der Waals surface area contributed by atoms with Gasteiger partial charge in [0.1, 0.15) is 5.82 Å². The first-order valence-electron chi connectivity index (χ1n) is 8.46. The number of ether oxygens (including phenoxy) is 1. The van der Waals surface area contributed by atoms with Crippen LogP contribution in [0.5, 0.6) is 0 Å². The van der Waals surface area contributed by atoms with E-state index < -0.39 is 0 Å². The fraction of sp³-hybridized carbons (Fsp3) is 0.556. The fourth-order valence-electron chi connectivity index (χ4n) is 3.58. The minimum absolute atomic E-state index is 0.00695. The van der Waals surface area contributed by atoms with Crippen LogP contribution >= 0.6 is 0 Å². The zero-order valence-electron chi connectivity index (χ0n) is 13.8. The summed E-state index contributed by atoms with van der Waals surface area (Å²) in [6.07, 6.45) is 2.93. The van der Waals surface area contributed by atoms with E-state index in [9.17, 15) is 14.0 Å². The van der Waals surface area contributed by atoms with Crippen LogP contribution in [0.25, 0.3) is 0 Å². The Morgan fingerprint density at radius 1 is 1.33 bits per heavy atom. The molecule has 2 saturated heterocycles. The van der Waals surface area contributed by atoms with E-state index in [1.807, 2.05) is 0 Å². The van der Waals surface area contributed by atoms with Crippen LogP contribution in [0.3, 0.4) is 0 Å². The van der Waals surface area contributed by atoms with Gasteiger partial charge in [-0.05, 0) is 37.0 Å². The maximum Gasteiger partial charge on any atom is 0.225 e. The average molecular weight is 334 g/mol. The van der Waals surface area contributed by atoms with Crippen molar-refractivity contribution in [2.75, 3.05) is 20.2 Å². The van der Waals surface area contributed by atoms with Crippen molar-refractivity contribution in [1.29, 1.82) is 0 Å². The van der Waals surface area contributed by atoms with E-state index in [2.05, 4.69) is 5.32 Å². The molecule has 5 nitrogen and oxygen atoms in total. The predicted molar refractivity (Wildman–Crippen MR) is 86.6 cm³/mol. The quantitative estimate of drug-likeness (QED) is 0.917. The van der Waals surface area contributed by atoms with E-state index in [0.717, 1.165) is 25.0 Å². The number of nitrogens with one attached hydrogen (secondary N) is 1. The van der Waals surface area contributed by atoms with Gasteiger partial charge in [0.2, 0.25) is 11.8 Å². The van der Waals surface area contributed by atoms with Crippen LogP contribution in [0, 0.1) is 11.7 Å². The SMILES string of the molecule is CN1C(=O)CCC(C(=O)NCC2CCCO2)C1c1ccc(F)cc1. The Kier molecular flexibility index (Phi) is 5.14. The maximum absolute atomic E-state index is 13.2. The highest BCUT2D eigenvalue weighted by Crippen LogP contribution is 2.36. The van der Waals surface area contributed by atoms with Crippen molar-refractivity contribution in [1.82, 2.24) is 10.2 Å². The van der Waals surface area contributed by atoms with Crippen LogP contribution in [0.15, 0.2) is 24.3 Å². The van der Waals surface area contributed by atoms with Crippen molar-refractivity contribution >= 4 is 11.8 Å². The van der Waals surface area contributed by atoms with Crippen LogP contribution in [0.1, 0.15) is 37.3 Å². The van der Waals surface area contributed by atoms with Gasteiger partial charge in [0.25, 0.3) is 0 Å². The molecule has 0 radical (unpaired) electrons. The van der Waals surface area contributed by atoms with E-state index in [4.69, 9.17) is 4.74 Å². The van der Waals surface area contributed by atoms with Crippen LogP contribution in [0.2, 0.25) is 0 Å². The number of likely N-dealkylation sites (tertiary alicyclic amines) is 1. The third-order valence-electron chi connectivity index (χ3n) is 4.94. The number of benzene rings is 1. The summed E-state index contributed by atoms with van der Waals surface area (Å²) in [4.78, 5) is 26.4. The highest BCUT2D eigenvalue weighted by atomic mass is 19.1. The molecule has 3 unspecified atom stereocenters. The van der Waals surface area contributed by atoms with Crippen molar-refractivity contribution in [2.45, 2.75) is 37.8 Å². The number of carbonyl (C=O) groups excluding carboxylic acids is 2. The van der Waals surface area contributed by atoms with Gasteiger partial charge in [-0.25, -0.2) is 4.39 Å². The van der Waals surface area contributed by atoms with Crippen LogP contribution in [-0.2, 0) is 14.3 Å². The molecule has 130 valence electrons. The van der Waals surface area contributed by atoms with Gasteiger partial charge >= 0.3 is 0 Å². The summed E-state index contributed by atoms with van der Waals surface area (Å²) in [5.74, 6) is -0.728. The summed E-state index contributed by atoms with van der Waals surface area (Å²) >= 11 is 0. The molecule has 3 atom stereocenters. The lowest BCUT2D eigenvalue weighted by atomic mass is 9.84. The van der Waals surface area contributed by atoms with Crippen molar-refractivity contribution in [2.24, 2.45) is 5.92 Å². The summed E-state index contributed by atoms with van der Waals surface area (Å²) < 4.78 is 18.7. The monoisotopic (exact) mass is 334 g/mol. The minimum Gasteiger partial charge on any atom is -0.376 e. The molecular weight excluding hydrogens is 311 g/mol. The standard InChI is InChI=1S/C18H23FN2O3/c1-21-16(22)9-8-15(17(21)12-4-6-13(19)7-5-12)18(23)20-11-14-3-2-10-24-14/h4-7,14-15,17H,2-3,8-11H2,1H3,(H,20,23). The molecule has 24 heavy (non-hydrogen) atoms. The zero-order chi connectivity index (χ0) is 17.1. The number of nitrogens with zero attached hydrogens (tertiary/aromatic N) is 1. The molecule has 2 aliphatic heterocycles. The fourth-order valence-corrected chi connectivity index (χ4v) is 3.58. The first-order chi connectivity index (χ1) is 11.6. The molecule has 3 rings (SSSR count). The van der Waals surface area contributed by atoms with E-state index in [-0.39, 0.29) is 35.7 Å². The molecule has 0 aromatic heterocycles. The molecule has 0 aliphatic carbocycles. The van der Waals surface area contributed by atoms with Crippen molar-refractivity contribution in [3.63, 3.8) is 0 Å². The molecule has 1 N–H and O–H groups in total. The largest absolute Gasteiger partial charge is 0.376 e. The number of hydrogen-bond donors (Lipinski definition) is 1. The Labute approximate surface area is 141 Å². The summed E-state index contributed by atoms with van der Waals surface area (Å²) in [6, 6.07) is 5.66. The lowest BCUT2D eigenvalue weighted by Crippen LogP contribution is -2.47. The topological polar surface area (TPSA) is 58.6 Å². The van der Waals surface area contributed by atoms with Crippen molar-refractivity contribution in [3.8, 4) is 0 Å². The molecule has 6 heteroatoms. The van der Waals surface area contributed by atoms with Gasteiger partial charge in [-0.15, -0.1) is 0 Å². The van der Waals surface area contributed by atoms with Gasteiger partial charge in [-0.3, -0.25) is 9.59 Å². The molecule has 2 heterocycles. The molecule has 0 bridgehead atoms. The normalized spacial score (nSPS) is 27.3. The van der Waals surface area contributed by atoms with Gasteiger partial charge in [-0.2, -0.15) is 0 Å². The highest BCUT2D eigenvalue weighted by Gasteiger charge is 2.38. The Morgan fingerprint density at radius 3 is 2.75 bits per heavy atom. The first-order valence-corrected chi connectivity index (χ1v) is 8.46. The second kappa shape index (κ2) is 7.30. The summed E-state index contributed by atoms with van der Waals surface area (Å²) in [5, 5.41) is 2.96. The van der Waals surface area contributed by atoms with Gasteiger partial charge in [-0.1, -0.05) is 12.1 Å². The van der Waals surface area contributed by atoms with Gasteiger partial charge in [0.05, 0.1) is 18.1 Å². The molecule has 2 amide bonds. The number of carbonyl (C=O) groups is 2. The maximum atomic E-state index is 13.2. The summed E-state index contributed by atoms with van der Waals surface area (Å²) in [7, 11) is 1.70. The molecule has 1 aromatic rings. The summed E-state index contributed by atoms with van der Waals surface area (Å²) in [5.41, 5.74) is 0.782. The third-order valence-corrected chi connectivity index (χ3v) is 4.94. The molecule has 2 aliphatic rings. The van der Waals surface area contributed by atoms with Gasteiger partial charge in [0, 0.05) is 26.6 Å². The molecule has 1 aromatic carbocycles. The number of amides is 2. The predicted octanol–water partition coefficient (Wildman–Crippen LogP) is 2.03. The molecule has 2 fully saturated rings. The van der Waals surface area contributed by atoms with Gasteiger partial charge in [0.15, 0.2) is 0 Å². The zero-order valence-corrected chi connectivity index (χ0v) is 13.8. The third kappa shape index (κ3) is 3.59. The number of piperidine rings is 1. The number of halogens is 1. The smallest absolute Gasteiger partial charge is 0.225 e. The lowest BCUT2D eigenvalue weighted by Gasteiger charge is -2.38. The second-order valence-corrected chi connectivity index (χ2v) is 6.53. The molecule has 0 spiro atoms. The van der Waals surface area contributed by atoms with E-state index in [0.29, 0.717) is 19.4 Å². The Balaban J connectivity index is 1.74. The molecule has 0 saturated carbocycles. The average Bonchev–Trinajstić information content (AvgIpc) is 3.09. The Bertz CT molecular complexity index is 599. The van der Waals surface area contributed by atoms with E-state index in [1.165, 1.54) is 12.1 Å². The van der Waals surface area contributed by atoms with Crippen molar-refractivity contribution in [3.05, 3.63) is 35.6 Å². The Morgan fingerprint density at radius 2 is 2.08 bits per heavy atom. The minimum atomic E-state index is -0.364. The van der Waals surface area contributed by atoms with Crippen LogP contribution in [-0.4, -0.2) is 43.0 Å². The van der Waals surface area contributed by atoms with Crippen LogP contribution < -0.4 is 5.32 Å². The highest BCUT2D eigenvalue weighted by molar-refractivity contribution is 5.84. The first kappa shape index (κ1) is 16.9. The molecular formula is C18H23FN2O3. The van der Waals surface area contributed by atoms with Gasteiger partial charge < -0.3 is 15.0 Å². The number of hydrogen-bond acceptors (Lipinski definition) is 3. The second-order valence-electron chi connectivity index (χ2n) is 6.53. The Hall–Kier alpha value is -1.95. The van der Waals surface area contributed by atoms with Crippen LogP contribution in [0.4, 0.5) is 4.39 Å². The number of rotatable bonds is 4. The van der Waals surface area contributed by atoms with E-state index in [1.54, 1.807) is 24.1 Å².